The molecule has 2 aromatic rings. The molecule has 1 N–H and O–H groups in total. The van der Waals surface area contributed by atoms with Gasteiger partial charge in [0.2, 0.25) is 5.82 Å². The highest BCUT2D eigenvalue weighted by atomic mass is 16.6. The number of esters is 1. The number of carbonyl (C=O) groups excluding carboxylic acids is 3. The molecule has 1 aliphatic heterocycles. The van der Waals surface area contributed by atoms with Crippen LogP contribution in [0.25, 0.3) is 11.4 Å². The van der Waals surface area contributed by atoms with E-state index < -0.39 is 24.1 Å². The fourth-order valence-electron chi connectivity index (χ4n) is 4.85. The van der Waals surface area contributed by atoms with Crippen molar-refractivity contribution < 1.29 is 28.4 Å². The first kappa shape index (κ1) is 24.7. The number of methoxy groups -OCH3 is 1. The molecule has 1 aliphatic carbocycles. The summed E-state index contributed by atoms with van der Waals surface area (Å²) in [5, 5.41) is 6.74. The highest BCUT2D eigenvalue weighted by molar-refractivity contribution is 6.08. The van der Waals surface area contributed by atoms with Gasteiger partial charge in [-0.2, -0.15) is 4.98 Å². The first-order valence-electron chi connectivity index (χ1n) is 11.9. The first-order valence-corrected chi connectivity index (χ1v) is 11.9. The van der Waals surface area contributed by atoms with Crippen LogP contribution >= 0.6 is 0 Å². The van der Waals surface area contributed by atoms with E-state index in [0.29, 0.717) is 35.9 Å². The van der Waals surface area contributed by atoms with Gasteiger partial charge < -0.3 is 19.3 Å². The topological polar surface area (TPSA) is 124 Å². The molecule has 1 saturated carbocycles. The van der Waals surface area contributed by atoms with Crippen LogP contribution in [0.3, 0.4) is 0 Å². The van der Waals surface area contributed by atoms with E-state index >= 15 is 0 Å². The number of nitrogens with one attached hydrogen (secondary N) is 1. The molecule has 4 rings (SSSR count). The number of nitrogens with zero attached hydrogens (tertiary/aromatic N) is 3. The predicted octanol–water partition coefficient (Wildman–Crippen LogP) is 3.71. The molecule has 10 nitrogen and oxygen atoms in total. The summed E-state index contributed by atoms with van der Waals surface area (Å²) >= 11 is 0. The minimum atomic E-state index is -0.921. The quantitative estimate of drug-likeness (QED) is 0.444. The maximum Gasteiger partial charge on any atom is 0.326 e. The van der Waals surface area contributed by atoms with E-state index in [9.17, 15) is 14.4 Å². The lowest BCUT2D eigenvalue weighted by atomic mass is 9.65. The monoisotopic (exact) mass is 484 g/mol. The van der Waals surface area contributed by atoms with Crippen molar-refractivity contribution in [2.75, 3.05) is 13.7 Å². The molecule has 188 valence electrons. The lowest BCUT2D eigenvalue weighted by Crippen LogP contribution is -2.51. The van der Waals surface area contributed by atoms with Crippen LogP contribution in [0.2, 0.25) is 0 Å². The average molecular weight is 485 g/mol. The van der Waals surface area contributed by atoms with Crippen molar-refractivity contribution in [2.24, 2.45) is 11.3 Å². The van der Waals surface area contributed by atoms with Gasteiger partial charge in [-0.3, -0.25) is 14.5 Å². The van der Waals surface area contributed by atoms with Gasteiger partial charge in [-0.05, 0) is 49.1 Å². The molecule has 1 aromatic heterocycles. The third-order valence-corrected chi connectivity index (χ3v) is 7.54. The zero-order chi connectivity index (χ0) is 25.2. The van der Waals surface area contributed by atoms with Gasteiger partial charge in [0.1, 0.15) is 17.8 Å². The van der Waals surface area contributed by atoms with Crippen LogP contribution in [0.1, 0.15) is 58.8 Å². The Labute approximate surface area is 204 Å². The van der Waals surface area contributed by atoms with Crippen LogP contribution in [0.4, 0.5) is 4.79 Å². The maximum atomic E-state index is 13.1. The Kier molecular flexibility index (Phi) is 6.82. The summed E-state index contributed by atoms with van der Waals surface area (Å²) in [6, 6.07) is 6.59. The fraction of sp³-hybridized carbons (Fsp3) is 0.560. The van der Waals surface area contributed by atoms with E-state index in [1.54, 1.807) is 31.4 Å². The normalized spacial score (nSPS) is 22.4. The van der Waals surface area contributed by atoms with Gasteiger partial charge in [0.05, 0.1) is 7.11 Å². The number of hydrogen-bond acceptors (Lipinski definition) is 8. The second-order valence-electron chi connectivity index (χ2n) is 9.92. The molecule has 10 heteroatoms. The summed E-state index contributed by atoms with van der Waals surface area (Å²) in [4.78, 5) is 43.3. The van der Waals surface area contributed by atoms with Crippen molar-refractivity contribution in [2.45, 2.75) is 65.0 Å². The average Bonchev–Trinajstić information content (AvgIpc) is 3.42. The van der Waals surface area contributed by atoms with Gasteiger partial charge in [-0.1, -0.05) is 44.5 Å². The molecule has 1 aromatic carbocycles. The molecule has 1 saturated heterocycles. The van der Waals surface area contributed by atoms with Crippen LogP contribution in [-0.4, -0.2) is 52.1 Å². The van der Waals surface area contributed by atoms with Crippen LogP contribution in [0, 0.1) is 11.3 Å². The van der Waals surface area contributed by atoms with E-state index in [1.807, 2.05) is 0 Å². The fourth-order valence-corrected chi connectivity index (χ4v) is 4.85. The Morgan fingerprint density at radius 3 is 2.71 bits per heavy atom. The number of urea groups is 1. The molecule has 35 heavy (non-hydrogen) atoms. The Morgan fingerprint density at radius 1 is 1.29 bits per heavy atom. The lowest BCUT2D eigenvalue weighted by molar-refractivity contribution is -0.149. The Balaban J connectivity index is 1.31. The van der Waals surface area contributed by atoms with E-state index in [0.717, 1.165) is 24.2 Å². The molecular formula is C25H32N4O6. The molecule has 0 unspecified atom stereocenters. The van der Waals surface area contributed by atoms with Gasteiger partial charge in [0.15, 0.2) is 6.61 Å². The van der Waals surface area contributed by atoms with Crippen molar-refractivity contribution in [1.82, 2.24) is 20.4 Å². The van der Waals surface area contributed by atoms with Gasteiger partial charge >= 0.3 is 12.0 Å². The van der Waals surface area contributed by atoms with Crippen molar-refractivity contribution >= 4 is 17.9 Å². The zero-order valence-electron chi connectivity index (χ0n) is 20.6. The summed E-state index contributed by atoms with van der Waals surface area (Å²) in [7, 11) is 1.56. The smallest absolute Gasteiger partial charge is 0.326 e. The molecule has 0 bridgehead atoms. The Morgan fingerprint density at radius 2 is 2.03 bits per heavy atom. The van der Waals surface area contributed by atoms with Crippen LogP contribution in [-0.2, 0) is 20.9 Å². The van der Waals surface area contributed by atoms with Gasteiger partial charge in [-0.15, -0.1) is 0 Å². The van der Waals surface area contributed by atoms with Crippen LogP contribution < -0.4 is 10.1 Å². The number of aromatic nitrogens is 2. The SMILES string of the molecule is CCC(C)(C)C1CCC2(CC1)NC(=O)N(CC(=O)OCc1nc(-c3cccc(OC)c3)no1)C2=O. The number of carbonyl (C=O) groups is 3. The third kappa shape index (κ3) is 5.01. The summed E-state index contributed by atoms with van der Waals surface area (Å²) in [6.07, 6.45) is 3.93. The minimum Gasteiger partial charge on any atom is -0.497 e. The number of amides is 3. The molecule has 1 spiro atoms. The molecule has 2 fully saturated rings. The maximum absolute atomic E-state index is 13.1. The molecular weight excluding hydrogens is 452 g/mol. The Bertz CT molecular complexity index is 1100. The van der Waals surface area contributed by atoms with E-state index in [1.165, 1.54) is 0 Å². The standard InChI is InChI=1S/C25H32N4O6/c1-5-24(2,3)17-9-11-25(12-10-17)22(31)29(23(32)27-25)14-20(30)34-15-19-26-21(28-35-19)16-7-6-8-18(13-16)33-4/h6-8,13,17H,5,9-12,14-15H2,1-4H3,(H,27,32). The highest BCUT2D eigenvalue weighted by Gasteiger charge is 2.53. The molecule has 2 aliphatic rings. The predicted molar refractivity (Wildman–Crippen MR) is 125 cm³/mol. The number of hydrogen-bond donors (Lipinski definition) is 1. The summed E-state index contributed by atoms with van der Waals surface area (Å²) in [6.45, 7) is 5.94. The second kappa shape index (κ2) is 9.67. The molecule has 0 radical (unpaired) electrons. The van der Waals surface area contributed by atoms with E-state index in [2.05, 4.69) is 36.2 Å². The third-order valence-electron chi connectivity index (χ3n) is 7.54. The van der Waals surface area contributed by atoms with Gasteiger partial charge in [-0.25, -0.2) is 4.79 Å². The van der Waals surface area contributed by atoms with Crippen molar-refractivity contribution in [1.29, 1.82) is 0 Å². The minimum absolute atomic E-state index is 0.0988. The number of rotatable bonds is 8. The molecule has 0 atom stereocenters. The highest BCUT2D eigenvalue weighted by Crippen LogP contribution is 2.45. The zero-order valence-corrected chi connectivity index (χ0v) is 20.6. The van der Waals surface area contributed by atoms with Gasteiger partial charge in [0.25, 0.3) is 11.8 Å². The largest absolute Gasteiger partial charge is 0.497 e. The first-order chi connectivity index (χ1) is 16.7. The van der Waals surface area contributed by atoms with Crippen LogP contribution in [0.15, 0.2) is 28.8 Å². The van der Waals surface area contributed by atoms with Crippen LogP contribution in [0.5, 0.6) is 5.75 Å². The summed E-state index contributed by atoms with van der Waals surface area (Å²) < 4.78 is 15.5. The lowest BCUT2D eigenvalue weighted by Gasteiger charge is -2.42. The summed E-state index contributed by atoms with van der Waals surface area (Å²) in [5.41, 5.74) is -0.0410. The van der Waals surface area contributed by atoms with Crippen molar-refractivity contribution in [3.63, 3.8) is 0 Å². The Hall–Kier alpha value is -3.43. The van der Waals surface area contributed by atoms with Gasteiger partial charge in [0, 0.05) is 5.56 Å². The number of benzene rings is 1. The van der Waals surface area contributed by atoms with Crippen molar-refractivity contribution in [3.05, 3.63) is 30.2 Å². The number of ether oxygens (including phenoxy) is 2. The van der Waals surface area contributed by atoms with Crippen molar-refractivity contribution in [3.8, 4) is 17.1 Å². The second-order valence-corrected chi connectivity index (χ2v) is 9.92. The number of imide groups is 1. The molecule has 2 heterocycles. The van der Waals surface area contributed by atoms with E-state index in [-0.39, 0.29) is 23.8 Å². The summed E-state index contributed by atoms with van der Waals surface area (Å²) in [5.74, 6) is 0.486. The molecule has 3 amide bonds. The van der Waals surface area contributed by atoms with E-state index in [4.69, 9.17) is 14.0 Å².